The first-order valence-corrected chi connectivity index (χ1v) is 26.6. The van der Waals surface area contributed by atoms with Crippen LogP contribution in [0.2, 0.25) is 0 Å². The summed E-state index contributed by atoms with van der Waals surface area (Å²) in [6.07, 6.45) is 0. The van der Waals surface area contributed by atoms with Crippen molar-refractivity contribution in [2.45, 2.75) is 116 Å². The Balaban J connectivity index is 1.13. The largest absolute Gasteiger partial charge is 0.310 e. The van der Waals surface area contributed by atoms with Crippen LogP contribution in [0, 0.1) is 0 Å². The van der Waals surface area contributed by atoms with Crippen LogP contribution in [0.1, 0.15) is 150 Å². The molecular formula is C72H69N. The van der Waals surface area contributed by atoms with Gasteiger partial charge in [-0.05, 0) is 158 Å². The van der Waals surface area contributed by atoms with Crippen molar-refractivity contribution >= 4 is 17.1 Å². The Morgan fingerprint density at radius 3 is 0.973 bits per heavy atom. The normalized spacial score (nSPS) is 14.8. The molecule has 73 heavy (non-hydrogen) atoms. The van der Waals surface area contributed by atoms with Crippen LogP contribution in [-0.4, -0.2) is 0 Å². The number of anilines is 3. The number of fused-ring (bicyclic) bond motifs is 13. The van der Waals surface area contributed by atoms with Crippen LogP contribution in [0.5, 0.6) is 0 Å². The zero-order chi connectivity index (χ0) is 51.0. The minimum atomic E-state index is -0.576. The SMILES string of the molecule is CC(C)(C)c1ccc(C2(c3ccc(C(C)(C)C)cc3)c3ccccc3-c3ccc(N(c4ccccc4)c4ccc5c(c4)C4(c6ccccc6-5)c5cc(C(C)(C)C)ccc5-c5ccc(C(C)(C)C)cc54)cc32)cc1. The first-order valence-electron chi connectivity index (χ1n) is 26.6. The van der Waals surface area contributed by atoms with E-state index in [2.05, 4.69) is 288 Å². The molecule has 1 heteroatoms. The molecule has 9 aromatic carbocycles. The molecule has 1 nitrogen and oxygen atoms in total. The molecule has 9 aromatic rings. The Morgan fingerprint density at radius 1 is 0.247 bits per heavy atom. The van der Waals surface area contributed by atoms with Crippen molar-refractivity contribution in [3.8, 4) is 33.4 Å². The van der Waals surface area contributed by atoms with E-state index in [1.165, 1.54) is 100 Å². The maximum absolute atomic E-state index is 2.56. The summed E-state index contributed by atoms with van der Waals surface area (Å²) in [5.41, 5.74) is 26.1. The van der Waals surface area contributed by atoms with Gasteiger partial charge in [-0.2, -0.15) is 0 Å². The van der Waals surface area contributed by atoms with Crippen LogP contribution in [0.15, 0.2) is 200 Å². The van der Waals surface area contributed by atoms with Gasteiger partial charge in [0.1, 0.15) is 0 Å². The highest BCUT2D eigenvalue weighted by Gasteiger charge is 2.53. The fourth-order valence-corrected chi connectivity index (χ4v) is 12.9. The number of nitrogens with zero attached hydrogens (tertiary/aromatic N) is 1. The molecular weight excluding hydrogens is 879 g/mol. The third-order valence-corrected chi connectivity index (χ3v) is 16.8. The summed E-state index contributed by atoms with van der Waals surface area (Å²) in [6.45, 7) is 27.9. The van der Waals surface area contributed by atoms with Gasteiger partial charge in [0.05, 0.1) is 10.8 Å². The molecule has 0 atom stereocenters. The van der Waals surface area contributed by atoms with E-state index in [0.29, 0.717) is 0 Å². The van der Waals surface area contributed by atoms with Crippen molar-refractivity contribution in [3.63, 3.8) is 0 Å². The summed E-state index contributed by atoms with van der Waals surface area (Å²) in [7, 11) is 0. The Bertz CT molecular complexity index is 3510. The second-order valence-electron chi connectivity index (χ2n) is 25.4. The van der Waals surface area contributed by atoms with Crippen molar-refractivity contribution in [1.82, 2.24) is 0 Å². The number of hydrogen-bond donors (Lipinski definition) is 0. The molecule has 0 saturated heterocycles. The summed E-state index contributed by atoms with van der Waals surface area (Å²) in [4.78, 5) is 2.52. The van der Waals surface area contributed by atoms with Crippen LogP contribution < -0.4 is 4.90 Å². The van der Waals surface area contributed by atoms with Gasteiger partial charge in [0, 0.05) is 17.1 Å². The fraction of sp³-hybridized carbons (Fsp3) is 0.250. The molecule has 0 radical (unpaired) electrons. The highest BCUT2D eigenvalue weighted by molar-refractivity contribution is 5.97. The van der Waals surface area contributed by atoms with E-state index < -0.39 is 10.8 Å². The minimum absolute atomic E-state index is 0.0249. The molecule has 1 spiro atoms. The number of para-hydroxylation sites is 1. The first-order chi connectivity index (χ1) is 34.7. The smallest absolute Gasteiger partial charge is 0.0726 e. The number of rotatable bonds is 5. The molecule has 3 aliphatic carbocycles. The molecule has 12 rings (SSSR count). The lowest BCUT2D eigenvalue weighted by atomic mass is 9.67. The van der Waals surface area contributed by atoms with E-state index in [1.807, 2.05) is 0 Å². The highest BCUT2D eigenvalue weighted by atomic mass is 15.1. The molecule has 0 aromatic heterocycles. The van der Waals surface area contributed by atoms with Crippen molar-refractivity contribution in [3.05, 3.63) is 267 Å². The van der Waals surface area contributed by atoms with Gasteiger partial charge in [0.15, 0.2) is 0 Å². The number of benzene rings is 9. The molecule has 0 amide bonds. The Morgan fingerprint density at radius 2 is 0.562 bits per heavy atom. The van der Waals surface area contributed by atoms with Gasteiger partial charge in [-0.25, -0.2) is 0 Å². The first kappa shape index (κ1) is 46.8. The molecule has 0 unspecified atom stereocenters. The van der Waals surface area contributed by atoms with Crippen molar-refractivity contribution in [1.29, 1.82) is 0 Å². The van der Waals surface area contributed by atoms with E-state index >= 15 is 0 Å². The van der Waals surface area contributed by atoms with E-state index in [-0.39, 0.29) is 21.7 Å². The van der Waals surface area contributed by atoms with Crippen molar-refractivity contribution in [2.24, 2.45) is 0 Å². The summed E-state index contributed by atoms with van der Waals surface area (Å²) in [5, 5.41) is 0. The summed E-state index contributed by atoms with van der Waals surface area (Å²) in [6, 6.07) is 77.9. The highest BCUT2D eigenvalue weighted by Crippen LogP contribution is 2.65. The quantitative estimate of drug-likeness (QED) is 0.166. The van der Waals surface area contributed by atoms with Crippen LogP contribution >= 0.6 is 0 Å². The van der Waals surface area contributed by atoms with E-state index in [9.17, 15) is 0 Å². The van der Waals surface area contributed by atoms with Crippen molar-refractivity contribution in [2.75, 3.05) is 4.90 Å². The van der Waals surface area contributed by atoms with Gasteiger partial charge < -0.3 is 4.90 Å². The average molecular weight is 948 g/mol. The Hall–Kier alpha value is -7.22. The Kier molecular flexibility index (Phi) is 10.4. The van der Waals surface area contributed by atoms with Crippen LogP contribution in [0.3, 0.4) is 0 Å². The van der Waals surface area contributed by atoms with Gasteiger partial charge in [-0.1, -0.05) is 247 Å². The minimum Gasteiger partial charge on any atom is -0.310 e. The third kappa shape index (κ3) is 7.01. The lowest BCUT2D eigenvalue weighted by Crippen LogP contribution is -2.29. The van der Waals surface area contributed by atoms with Gasteiger partial charge in [-0.3, -0.25) is 0 Å². The summed E-state index contributed by atoms with van der Waals surface area (Å²) < 4.78 is 0. The van der Waals surface area contributed by atoms with E-state index in [0.717, 1.165) is 17.1 Å². The van der Waals surface area contributed by atoms with Gasteiger partial charge >= 0.3 is 0 Å². The monoisotopic (exact) mass is 948 g/mol. The van der Waals surface area contributed by atoms with Gasteiger partial charge in [0.25, 0.3) is 0 Å². The molecule has 0 saturated carbocycles. The van der Waals surface area contributed by atoms with Gasteiger partial charge in [-0.15, -0.1) is 0 Å². The van der Waals surface area contributed by atoms with Gasteiger partial charge in [0.2, 0.25) is 0 Å². The standard InChI is InChI=1S/C72H69N/c1-67(2,3)46-26-30-48(31-27-46)71(49-32-28-47(29-33-49)68(4,5)6)61-24-18-16-22-55(61)59-40-36-53(44-65(59)71)73(52-20-14-13-15-21-52)54-37-41-60-56-23-17-19-25-62(56)72(66(60)45-54)63-42-50(69(7,8)9)34-38-57(63)58-39-35-51(43-64(58)72)70(10,11)12/h13-45H,1-12H3. The van der Waals surface area contributed by atoms with Crippen LogP contribution in [-0.2, 0) is 32.5 Å². The van der Waals surface area contributed by atoms with E-state index in [1.54, 1.807) is 0 Å². The maximum atomic E-state index is 2.56. The van der Waals surface area contributed by atoms with E-state index in [4.69, 9.17) is 0 Å². The summed E-state index contributed by atoms with van der Waals surface area (Å²) in [5.74, 6) is 0. The van der Waals surface area contributed by atoms with Crippen molar-refractivity contribution < 1.29 is 0 Å². The fourth-order valence-electron chi connectivity index (χ4n) is 12.9. The average Bonchev–Trinajstić information content (AvgIpc) is 3.96. The lowest BCUT2D eigenvalue weighted by molar-refractivity contribution is 0.586. The maximum Gasteiger partial charge on any atom is 0.0726 e. The lowest BCUT2D eigenvalue weighted by Gasteiger charge is -2.36. The molecule has 0 fully saturated rings. The number of hydrogen-bond acceptors (Lipinski definition) is 1. The second-order valence-corrected chi connectivity index (χ2v) is 25.4. The zero-order valence-corrected chi connectivity index (χ0v) is 45.0. The topological polar surface area (TPSA) is 3.24 Å². The van der Waals surface area contributed by atoms with Crippen LogP contribution in [0.25, 0.3) is 33.4 Å². The predicted octanol–water partition coefficient (Wildman–Crippen LogP) is 19.1. The third-order valence-electron chi connectivity index (χ3n) is 16.8. The second kappa shape index (κ2) is 16.1. The molecule has 0 N–H and O–H groups in total. The molecule has 362 valence electrons. The Labute approximate surface area is 435 Å². The molecule has 0 heterocycles. The predicted molar refractivity (Wildman–Crippen MR) is 310 cm³/mol. The molecule has 0 aliphatic heterocycles. The summed E-state index contributed by atoms with van der Waals surface area (Å²) >= 11 is 0. The molecule has 0 bridgehead atoms. The molecule has 3 aliphatic rings. The zero-order valence-electron chi connectivity index (χ0n) is 45.0. The van der Waals surface area contributed by atoms with Crippen LogP contribution in [0.4, 0.5) is 17.1 Å².